The summed E-state index contributed by atoms with van der Waals surface area (Å²) in [4.78, 5) is 38.9. The molecule has 1 fully saturated rings. The highest BCUT2D eigenvalue weighted by Gasteiger charge is 2.42. The SMILES string of the molecule is Nc1ccc2nc(C3CC(=O)N(N([O-])C(=O)O)C3=O)ccc2c1. The van der Waals surface area contributed by atoms with Gasteiger partial charge in [-0.1, -0.05) is 6.07 Å². The lowest BCUT2D eigenvalue weighted by Gasteiger charge is -2.31. The van der Waals surface area contributed by atoms with Gasteiger partial charge >= 0.3 is 6.09 Å². The van der Waals surface area contributed by atoms with Crippen LogP contribution in [0.25, 0.3) is 10.9 Å². The molecule has 1 atom stereocenters. The molecule has 1 aromatic heterocycles. The lowest BCUT2D eigenvalue weighted by atomic mass is 10.0. The summed E-state index contributed by atoms with van der Waals surface area (Å²) in [6.07, 6.45) is -2.24. The lowest BCUT2D eigenvalue weighted by molar-refractivity contribution is -0.150. The minimum absolute atomic E-state index is 0.0852. The molecule has 1 unspecified atom stereocenters. The number of hydroxylamine groups is 1. The third-order valence-corrected chi connectivity index (χ3v) is 3.56. The highest BCUT2D eigenvalue weighted by atomic mass is 16.6. The molecule has 1 aromatic carbocycles. The number of carbonyl (C=O) groups excluding carboxylic acids is 2. The van der Waals surface area contributed by atoms with E-state index in [9.17, 15) is 19.6 Å². The number of carbonyl (C=O) groups is 3. The van der Waals surface area contributed by atoms with Gasteiger partial charge in [-0.15, -0.1) is 0 Å². The number of amides is 3. The lowest BCUT2D eigenvalue weighted by Crippen LogP contribution is -2.45. The number of rotatable bonds is 2. The van der Waals surface area contributed by atoms with Crippen molar-refractivity contribution in [1.82, 2.24) is 15.2 Å². The minimum atomic E-state index is -1.94. The van der Waals surface area contributed by atoms with Gasteiger partial charge in [0.25, 0.3) is 5.91 Å². The molecule has 118 valence electrons. The Bertz CT molecular complexity index is 837. The Morgan fingerprint density at radius 2 is 2.09 bits per heavy atom. The van der Waals surface area contributed by atoms with Gasteiger partial charge in [-0.05, 0) is 24.3 Å². The normalized spacial score (nSPS) is 17.8. The highest BCUT2D eigenvalue weighted by Crippen LogP contribution is 2.30. The number of hydrazine groups is 1. The second-order valence-electron chi connectivity index (χ2n) is 5.04. The van der Waals surface area contributed by atoms with Crippen molar-refractivity contribution in [2.24, 2.45) is 0 Å². The van der Waals surface area contributed by atoms with Crippen LogP contribution in [0.4, 0.5) is 10.5 Å². The van der Waals surface area contributed by atoms with Crippen LogP contribution >= 0.6 is 0 Å². The number of aromatic nitrogens is 1. The quantitative estimate of drug-likeness (QED) is 0.479. The van der Waals surface area contributed by atoms with Crippen molar-refractivity contribution in [3.8, 4) is 0 Å². The maximum absolute atomic E-state index is 12.2. The molecule has 0 spiro atoms. The number of hydrogen-bond donors (Lipinski definition) is 2. The number of imide groups is 1. The molecule has 0 saturated carbocycles. The van der Waals surface area contributed by atoms with Gasteiger partial charge in [-0.25, -0.2) is 4.79 Å². The molecule has 3 amide bonds. The van der Waals surface area contributed by atoms with Crippen LogP contribution in [-0.2, 0) is 9.59 Å². The Labute approximate surface area is 129 Å². The maximum Gasteiger partial charge on any atom is 0.416 e. The molecule has 1 aliphatic rings. The first-order valence-electron chi connectivity index (χ1n) is 6.61. The summed E-state index contributed by atoms with van der Waals surface area (Å²) in [5.41, 5.74) is 7.11. The van der Waals surface area contributed by atoms with Gasteiger partial charge in [0, 0.05) is 17.5 Å². The number of pyridine rings is 1. The van der Waals surface area contributed by atoms with Crippen LogP contribution in [0.2, 0.25) is 0 Å². The Morgan fingerprint density at radius 3 is 2.78 bits per heavy atom. The summed E-state index contributed by atoms with van der Waals surface area (Å²) < 4.78 is 0. The van der Waals surface area contributed by atoms with Crippen LogP contribution < -0.4 is 5.73 Å². The molecule has 1 saturated heterocycles. The number of nitrogens with zero attached hydrogens (tertiary/aromatic N) is 3. The highest BCUT2D eigenvalue weighted by molar-refractivity contribution is 6.06. The third kappa shape index (κ3) is 2.42. The van der Waals surface area contributed by atoms with Gasteiger partial charge in [0.15, 0.2) is 0 Å². The fourth-order valence-electron chi connectivity index (χ4n) is 2.48. The molecule has 9 heteroatoms. The minimum Gasteiger partial charge on any atom is -0.733 e. The summed E-state index contributed by atoms with van der Waals surface area (Å²) in [7, 11) is 0. The molecule has 0 radical (unpaired) electrons. The van der Waals surface area contributed by atoms with Crippen LogP contribution in [0.15, 0.2) is 30.3 Å². The van der Waals surface area contributed by atoms with E-state index in [-0.39, 0.29) is 11.4 Å². The average Bonchev–Trinajstić information content (AvgIpc) is 2.80. The number of benzene rings is 1. The first kappa shape index (κ1) is 14.7. The molecule has 23 heavy (non-hydrogen) atoms. The van der Waals surface area contributed by atoms with Crippen LogP contribution in [0.3, 0.4) is 0 Å². The van der Waals surface area contributed by atoms with Gasteiger partial charge in [-0.3, -0.25) is 19.7 Å². The summed E-state index contributed by atoms with van der Waals surface area (Å²) in [6.45, 7) is 0. The van der Waals surface area contributed by atoms with E-state index in [0.717, 1.165) is 5.39 Å². The first-order chi connectivity index (χ1) is 10.9. The van der Waals surface area contributed by atoms with E-state index < -0.39 is 29.0 Å². The third-order valence-electron chi connectivity index (χ3n) is 3.56. The smallest absolute Gasteiger partial charge is 0.416 e. The molecule has 2 aromatic rings. The maximum atomic E-state index is 12.2. The van der Waals surface area contributed by atoms with Gasteiger partial charge in [0.1, 0.15) is 0 Å². The number of nitrogen functional groups attached to an aromatic ring is 1. The Balaban J connectivity index is 1.96. The van der Waals surface area contributed by atoms with Crippen molar-refractivity contribution >= 4 is 34.5 Å². The average molecular weight is 315 g/mol. The zero-order valence-corrected chi connectivity index (χ0v) is 11.7. The number of fused-ring (bicyclic) bond motifs is 1. The van der Waals surface area contributed by atoms with Gasteiger partial charge in [0.2, 0.25) is 5.91 Å². The van der Waals surface area contributed by atoms with Crippen molar-refractivity contribution in [2.75, 3.05) is 5.73 Å². The standard InChI is InChI=1S/C14H11N4O5/c15-8-2-4-10-7(5-8)1-3-11(16-10)9-6-12(19)17(13(9)20)18(23)14(21)22/h1-5,9H,6,15H2,(H,21,22)/q-1. The number of hydrogen-bond acceptors (Lipinski definition) is 6. The summed E-state index contributed by atoms with van der Waals surface area (Å²) in [5.74, 6) is -2.77. The predicted molar refractivity (Wildman–Crippen MR) is 78.6 cm³/mol. The molecular weight excluding hydrogens is 304 g/mol. The predicted octanol–water partition coefficient (Wildman–Crippen LogP) is 1.05. The van der Waals surface area contributed by atoms with E-state index in [1.807, 2.05) is 0 Å². The van der Waals surface area contributed by atoms with E-state index in [2.05, 4.69) is 4.98 Å². The summed E-state index contributed by atoms with van der Waals surface area (Å²) in [5, 5.41) is 20.2. The largest absolute Gasteiger partial charge is 0.733 e. The number of carboxylic acid groups (broad SMARTS) is 1. The Hall–Kier alpha value is -3.20. The summed E-state index contributed by atoms with van der Waals surface area (Å²) in [6, 6.07) is 8.28. The molecule has 2 heterocycles. The van der Waals surface area contributed by atoms with E-state index >= 15 is 0 Å². The molecule has 0 bridgehead atoms. The van der Waals surface area contributed by atoms with Crippen molar-refractivity contribution < 1.29 is 19.5 Å². The van der Waals surface area contributed by atoms with Gasteiger partial charge < -0.3 is 16.0 Å². The molecule has 9 nitrogen and oxygen atoms in total. The Morgan fingerprint density at radius 1 is 1.35 bits per heavy atom. The fourth-order valence-corrected chi connectivity index (χ4v) is 2.48. The van der Waals surface area contributed by atoms with Gasteiger partial charge in [0.05, 0.1) is 17.1 Å². The second kappa shape index (κ2) is 5.21. The summed E-state index contributed by atoms with van der Waals surface area (Å²) >= 11 is 0. The van der Waals surface area contributed by atoms with Crippen LogP contribution in [-0.4, -0.2) is 38.2 Å². The topological polar surface area (TPSA) is 140 Å². The monoisotopic (exact) mass is 315 g/mol. The molecule has 3 N–H and O–H groups in total. The van der Waals surface area contributed by atoms with E-state index in [4.69, 9.17) is 10.8 Å². The van der Waals surface area contributed by atoms with Crippen molar-refractivity contribution in [1.29, 1.82) is 0 Å². The van der Waals surface area contributed by atoms with E-state index in [1.165, 1.54) is 0 Å². The Kier molecular flexibility index (Phi) is 3.34. The van der Waals surface area contributed by atoms with Crippen LogP contribution in [0, 0.1) is 5.21 Å². The van der Waals surface area contributed by atoms with Gasteiger partial charge in [-0.2, -0.15) is 5.01 Å². The van der Waals surface area contributed by atoms with Crippen molar-refractivity contribution in [3.05, 3.63) is 41.2 Å². The molecule has 3 rings (SSSR count). The van der Waals surface area contributed by atoms with E-state index in [1.54, 1.807) is 30.3 Å². The second-order valence-corrected chi connectivity index (χ2v) is 5.04. The zero-order chi connectivity index (χ0) is 16.7. The van der Waals surface area contributed by atoms with E-state index in [0.29, 0.717) is 16.9 Å². The first-order valence-corrected chi connectivity index (χ1v) is 6.61. The number of nitrogens with two attached hydrogens (primary N) is 1. The fraction of sp³-hybridized carbons (Fsp3) is 0.143. The molecule has 0 aliphatic carbocycles. The molecule has 1 aliphatic heterocycles. The van der Waals surface area contributed by atoms with Crippen molar-refractivity contribution in [3.63, 3.8) is 0 Å². The number of anilines is 1. The zero-order valence-electron chi connectivity index (χ0n) is 11.7. The van der Waals surface area contributed by atoms with Crippen LogP contribution in [0.5, 0.6) is 0 Å². The molecular formula is C14H11N4O5-. The van der Waals surface area contributed by atoms with Crippen LogP contribution in [0.1, 0.15) is 18.0 Å². The van der Waals surface area contributed by atoms with Crippen molar-refractivity contribution in [2.45, 2.75) is 12.3 Å².